The fourth-order valence-corrected chi connectivity index (χ4v) is 4.72. The van der Waals surface area contributed by atoms with E-state index in [1.54, 1.807) is 12.1 Å². The van der Waals surface area contributed by atoms with Crippen LogP contribution in [-0.2, 0) is 14.8 Å². The number of para-hydroxylation sites is 1. The van der Waals surface area contributed by atoms with Crippen molar-refractivity contribution in [3.05, 3.63) is 77.3 Å². The van der Waals surface area contributed by atoms with Crippen LogP contribution in [0.2, 0.25) is 5.02 Å². The molecule has 34 heavy (non-hydrogen) atoms. The number of nitrogens with one attached hydrogen (secondary N) is 1. The van der Waals surface area contributed by atoms with Gasteiger partial charge in [-0.15, -0.1) is 0 Å². The highest BCUT2D eigenvalue weighted by Crippen LogP contribution is 2.32. The molecule has 11 heteroatoms. The monoisotopic (exact) mass is 503 g/mol. The number of hydrogen-bond donors (Lipinski definition) is 2. The van der Waals surface area contributed by atoms with Crippen LogP contribution in [0.3, 0.4) is 0 Å². The molecule has 0 atom stereocenters. The summed E-state index contributed by atoms with van der Waals surface area (Å²) in [7, 11) is -1.42. The van der Waals surface area contributed by atoms with Crippen LogP contribution in [0.4, 0.5) is 11.4 Å². The summed E-state index contributed by atoms with van der Waals surface area (Å²) in [5.74, 6) is -0.865. The van der Waals surface area contributed by atoms with E-state index in [4.69, 9.17) is 26.8 Å². The number of carbonyl (C=O) groups is 2. The van der Waals surface area contributed by atoms with Crippen LogP contribution in [0.15, 0.2) is 71.6 Å². The normalized spacial score (nSPS) is 10.9. The molecular weight excluding hydrogens is 482 g/mol. The van der Waals surface area contributed by atoms with E-state index in [0.29, 0.717) is 10.8 Å². The summed E-state index contributed by atoms with van der Waals surface area (Å²) < 4.78 is 38.5. The number of carbonyl (C=O) groups excluding carboxylic acids is 2. The summed E-state index contributed by atoms with van der Waals surface area (Å²) in [6.45, 7) is -0.592. The number of benzene rings is 3. The van der Waals surface area contributed by atoms with E-state index >= 15 is 0 Å². The summed E-state index contributed by atoms with van der Waals surface area (Å²) in [5.41, 5.74) is 5.83. The molecule has 0 aliphatic carbocycles. The van der Waals surface area contributed by atoms with Gasteiger partial charge in [-0.1, -0.05) is 23.7 Å². The maximum atomic E-state index is 13.6. The molecule has 0 fully saturated rings. The SMILES string of the molecule is COc1ccc(S(=O)(=O)N(CC(=O)Nc2ccccc2C(N)=O)c2ccc(Cl)cc2)cc1OC. The molecule has 0 unspecified atom stereocenters. The van der Waals surface area contributed by atoms with Gasteiger partial charge in [0.25, 0.3) is 15.9 Å². The van der Waals surface area contributed by atoms with E-state index in [2.05, 4.69) is 5.32 Å². The van der Waals surface area contributed by atoms with Gasteiger partial charge in [-0.2, -0.15) is 0 Å². The summed E-state index contributed by atoms with van der Waals surface area (Å²) in [5, 5.41) is 2.95. The molecule has 0 saturated heterocycles. The fourth-order valence-electron chi connectivity index (χ4n) is 3.15. The standard InChI is InChI=1S/C23H22ClN3O6S/c1-32-20-12-11-17(13-21(20)33-2)34(30,31)27(16-9-7-15(24)8-10-16)14-22(28)26-19-6-4-3-5-18(19)23(25)29/h3-13H,14H2,1-2H3,(H2,25,29)(H,26,28). The largest absolute Gasteiger partial charge is 0.493 e. The lowest BCUT2D eigenvalue weighted by atomic mass is 10.1. The first kappa shape index (κ1) is 24.9. The van der Waals surface area contributed by atoms with E-state index in [-0.39, 0.29) is 27.6 Å². The zero-order valence-corrected chi connectivity index (χ0v) is 19.9. The molecule has 3 rings (SSSR count). The van der Waals surface area contributed by atoms with Crippen molar-refractivity contribution >= 4 is 44.8 Å². The number of halogens is 1. The van der Waals surface area contributed by atoms with Crippen molar-refractivity contribution in [2.45, 2.75) is 4.90 Å². The molecular formula is C23H22ClN3O6S. The van der Waals surface area contributed by atoms with Gasteiger partial charge in [-0.3, -0.25) is 13.9 Å². The lowest BCUT2D eigenvalue weighted by Crippen LogP contribution is -2.38. The van der Waals surface area contributed by atoms with Gasteiger partial charge in [0.2, 0.25) is 5.91 Å². The van der Waals surface area contributed by atoms with Crippen molar-refractivity contribution in [2.75, 3.05) is 30.4 Å². The second kappa shape index (κ2) is 10.4. The Hall–Kier alpha value is -3.76. The summed E-state index contributed by atoms with van der Waals surface area (Å²) in [6, 6.07) is 16.2. The van der Waals surface area contributed by atoms with Gasteiger partial charge in [0.1, 0.15) is 6.54 Å². The topological polar surface area (TPSA) is 128 Å². The highest BCUT2D eigenvalue weighted by Gasteiger charge is 2.28. The minimum Gasteiger partial charge on any atom is -0.493 e. The lowest BCUT2D eigenvalue weighted by molar-refractivity contribution is -0.114. The second-order valence-corrected chi connectivity index (χ2v) is 9.26. The highest BCUT2D eigenvalue weighted by molar-refractivity contribution is 7.92. The number of sulfonamides is 1. The molecule has 2 amide bonds. The van der Waals surface area contributed by atoms with Crippen molar-refractivity contribution in [3.8, 4) is 11.5 Å². The minimum absolute atomic E-state index is 0.0941. The second-order valence-electron chi connectivity index (χ2n) is 6.96. The average molecular weight is 504 g/mol. The summed E-state index contributed by atoms with van der Waals surface area (Å²) in [4.78, 5) is 24.4. The minimum atomic E-state index is -4.24. The Morgan fingerprint density at radius 3 is 2.24 bits per heavy atom. The molecule has 0 radical (unpaired) electrons. The first-order valence-corrected chi connectivity index (χ1v) is 11.7. The Balaban J connectivity index is 2.00. The molecule has 0 heterocycles. The number of amides is 2. The number of ether oxygens (including phenoxy) is 2. The van der Waals surface area contributed by atoms with Crippen LogP contribution in [0, 0.1) is 0 Å². The third-order valence-corrected chi connectivity index (χ3v) is 6.83. The molecule has 3 N–H and O–H groups in total. The molecule has 178 valence electrons. The number of rotatable bonds is 9. The molecule has 0 aliphatic heterocycles. The van der Waals surface area contributed by atoms with Crippen LogP contribution in [0.25, 0.3) is 0 Å². The van der Waals surface area contributed by atoms with Crippen LogP contribution in [-0.4, -0.2) is 41.0 Å². The predicted octanol–water partition coefficient (Wildman–Crippen LogP) is 3.29. The number of hydrogen-bond acceptors (Lipinski definition) is 6. The molecule has 0 bridgehead atoms. The van der Waals surface area contributed by atoms with Gasteiger partial charge in [0.05, 0.1) is 36.1 Å². The zero-order chi connectivity index (χ0) is 24.9. The Morgan fingerprint density at radius 2 is 1.62 bits per heavy atom. The van der Waals surface area contributed by atoms with Crippen molar-refractivity contribution in [3.63, 3.8) is 0 Å². The van der Waals surface area contributed by atoms with Crippen LogP contribution in [0.5, 0.6) is 11.5 Å². The number of primary amides is 1. The predicted molar refractivity (Wildman–Crippen MR) is 129 cm³/mol. The van der Waals surface area contributed by atoms with Gasteiger partial charge in [-0.05, 0) is 48.5 Å². The fraction of sp³-hybridized carbons (Fsp3) is 0.130. The van der Waals surface area contributed by atoms with E-state index in [1.165, 1.54) is 68.8 Å². The molecule has 0 saturated carbocycles. The van der Waals surface area contributed by atoms with E-state index in [1.807, 2.05) is 0 Å². The molecule has 0 aliphatic rings. The highest BCUT2D eigenvalue weighted by atomic mass is 35.5. The molecule has 3 aromatic carbocycles. The van der Waals surface area contributed by atoms with Crippen molar-refractivity contribution in [1.82, 2.24) is 0 Å². The molecule has 9 nitrogen and oxygen atoms in total. The number of anilines is 2. The third-order valence-electron chi connectivity index (χ3n) is 4.81. The quantitative estimate of drug-likeness (QED) is 0.461. The number of nitrogens with two attached hydrogens (primary N) is 1. The van der Waals surface area contributed by atoms with Crippen LogP contribution in [0.1, 0.15) is 10.4 Å². The van der Waals surface area contributed by atoms with Gasteiger partial charge < -0.3 is 20.5 Å². The zero-order valence-electron chi connectivity index (χ0n) is 18.3. The summed E-state index contributed by atoms with van der Waals surface area (Å²) in [6.07, 6.45) is 0. The van der Waals surface area contributed by atoms with E-state index in [9.17, 15) is 18.0 Å². The Morgan fingerprint density at radius 1 is 0.971 bits per heavy atom. The smallest absolute Gasteiger partial charge is 0.264 e. The number of nitrogens with zero attached hydrogens (tertiary/aromatic N) is 1. The van der Waals surface area contributed by atoms with Crippen molar-refractivity contribution in [1.29, 1.82) is 0 Å². The average Bonchev–Trinajstić information content (AvgIpc) is 2.82. The number of methoxy groups -OCH3 is 2. The third kappa shape index (κ3) is 5.41. The summed E-state index contributed by atoms with van der Waals surface area (Å²) >= 11 is 5.96. The first-order chi connectivity index (χ1) is 16.2. The van der Waals surface area contributed by atoms with Gasteiger partial charge in [0.15, 0.2) is 11.5 Å². The molecule has 3 aromatic rings. The van der Waals surface area contributed by atoms with E-state index in [0.717, 1.165) is 4.31 Å². The maximum absolute atomic E-state index is 13.6. The maximum Gasteiger partial charge on any atom is 0.264 e. The lowest BCUT2D eigenvalue weighted by Gasteiger charge is -2.24. The Kier molecular flexibility index (Phi) is 7.64. The van der Waals surface area contributed by atoms with E-state index < -0.39 is 28.4 Å². The Bertz CT molecular complexity index is 1310. The van der Waals surface area contributed by atoms with Crippen LogP contribution >= 0.6 is 11.6 Å². The van der Waals surface area contributed by atoms with Gasteiger partial charge >= 0.3 is 0 Å². The molecule has 0 spiro atoms. The van der Waals surface area contributed by atoms with Gasteiger partial charge in [-0.25, -0.2) is 8.42 Å². The van der Waals surface area contributed by atoms with Crippen molar-refractivity contribution < 1.29 is 27.5 Å². The first-order valence-electron chi connectivity index (χ1n) is 9.86. The Labute approximate surface area is 202 Å². The van der Waals surface area contributed by atoms with Gasteiger partial charge in [0, 0.05) is 11.1 Å². The molecule has 0 aromatic heterocycles. The van der Waals surface area contributed by atoms with Crippen LogP contribution < -0.4 is 24.8 Å². The van der Waals surface area contributed by atoms with Crippen molar-refractivity contribution in [2.24, 2.45) is 5.73 Å².